The minimum Gasteiger partial charge on any atom is -0.375 e. The number of fused-ring (bicyclic) bond motifs is 1. The zero-order valence-electron chi connectivity index (χ0n) is 9.08. The van der Waals surface area contributed by atoms with Crippen LogP contribution < -0.4 is 10.6 Å². The first-order valence-corrected chi connectivity index (χ1v) is 5.28. The molecule has 2 N–H and O–H groups in total. The summed E-state index contributed by atoms with van der Waals surface area (Å²) in [6.45, 7) is 1.90. The van der Waals surface area contributed by atoms with Gasteiger partial charge in [-0.1, -0.05) is 18.2 Å². The van der Waals surface area contributed by atoms with Crippen LogP contribution in [0.1, 0.15) is 12.5 Å². The molecule has 1 heterocycles. The van der Waals surface area contributed by atoms with E-state index in [9.17, 15) is 4.79 Å². The van der Waals surface area contributed by atoms with Crippen LogP contribution in [0.3, 0.4) is 0 Å². The van der Waals surface area contributed by atoms with Gasteiger partial charge in [-0.05, 0) is 25.6 Å². The smallest absolute Gasteiger partial charge is 0.171 e. The van der Waals surface area contributed by atoms with Gasteiger partial charge in [-0.25, -0.2) is 0 Å². The summed E-state index contributed by atoms with van der Waals surface area (Å²) in [6.07, 6.45) is 0.807. The molecule has 0 aromatic heterocycles. The highest BCUT2D eigenvalue weighted by Gasteiger charge is 2.28. The van der Waals surface area contributed by atoms with Crippen LogP contribution in [-0.2, 0) is 11.2 Å². The summed E-state index contributed by atoms with van der Waals surface area (Å²) in [5, 5.41) is 6.24. The van der Waals surface area contributed by atoms with E-state index in [1.165, 1.54) is 5.56 Å². The van der Waals surface area contributed by atoms with Crippen molar-refractivity contribution in [3.63, 3.8) is 0 Å². The number of likely N-dealkylation sites (N-methyl/N-ethyl adjacent to an activating group) is 1. The molecule has 80 valence electrons. The number of ketones is 1. The SMILES string of the molecule is CNC(C)C(=O)C1Cc2ccccc2N1. The van der Waals surface area contributed by atoms with E-state index in [1.54, 1.807) is 0 Å². The molecule has 1 aromatic rings. The van der Waals surface area contributed by atoms with E-state index in [-0.39, 0.29) is 17.9 Å². The minimum absolute atomic E-state index is 0.0650. The number of benzene rings is 1. The Kier molecular flexibility index (Phi) is 2.73. The molecule has 0 amide bonds. The average Bonchev–Trinajstić information content (AvgIpc) is 2.70. The molecule has 1 aliphatic heterocycles. The molecule has 0 fully saturated rings. The Morgan fingerprint density at radius 3 is 2.93 bits per heavy atom. The highest BCUT2D eigenvalue weighted by Crippen LogP contribution is 2.25. The molecule has 0 spiro atoms. The average molecular weight is 204 g/mol. The van der Waals surface area contributed by atoms with Gasteiger partial charge in [0, 0.05) is 12.1 Å². The van der Waals surface area contributed by atoms with Crippen LogP contribution in [0.4, 0.5) is 5.69 Å². The molecule has 0 saturated carbocycles. The minimum atomic E-state index is -0.0863. The van der Waals surface area contributed by atoms with Crippen LogP contribution in [0, 0.1) is 0 Å². The first-order chi connectivity index (χ1) is 7.22. The van der Waals surface area contributed by atoms with Gasteiger partial charge in [-0.3, -0.25) is 4.79 Å². The predicted molar refractivity (Wildman–Crippen MR) is 61.1 cm³/mol. The van der Waals surface area contributed by atoms with Gasteiger partial charge >= 0.3 is 0 Å². The summed E-state index contributed by atoms with van der Waals surface area (Å²) in [7, 11) is 1.81. The van der Waals surface area contributed by atoms with Crippen molar-refractivity contribution in [3.8, 4) is 0 Å². The van der Waals surface area contributed by atoms with Gasteiger partial charge in [0.05, 0.1) is 12.1 Å². The number of Topliss-reactive ketones (excluding diaryl/α,β-unsaturated/α-hetero) is 1. The van der Waals surface area contributed by atoms with Crippen LogP contribution in [0.15, 0.2) is 24.3 Å². The van der Waals surface area contributed by atoms with Gasteiger partial charge in [0.2, 0.25) is 0 Å². The van der Waals surface area contributed by atoms with Crippen molar-refractivity contribution in [2.24, 2.45) is 0 Å². The summed E-state index contributed by atoms with van der Waals surface area (Å²) >= 11 is 0. The van der Waals surface area contributed by atoms with E-state index in [0.717, 1.165) is 12.1 Å². The third-order valence-electron chi connectivity index (χ3n) is 2.97. The van der Waals surface area contributed by atoms with Crippen molar-refractivity contribution >= 4 is 11.5 Å². The zero-order chi connectivity index (χ0) is 10.8. The highest BCUT2D eigenvalue weighted by atomic mass is 16.1. The van der Waals surface area contributed by atoms with Gasteiger partial charge < -0.3 is 10.6 Å². The van der Waals surface area contributed by atoms with Crippen molar-refractivity contribution in [2.45, 2.75) is 25.4 Å². The first-order valence-electron chi connectivity index (χ1n) is 5.28. The summed E-state index contributed by atoms with van der Waals surface area (Å²) < 4.78 is 0. The third-order valence-corrected chi connectivity index (χ3v) is 2.97. The third kappa shape index (κ3) is 1.88. The molecule has 1 aromatic carbocycles. The first kappa shape index (κ1) is 10.2. The molecule has 2 rings (SSSR count). The molecule has 0 bridgehead atoms. The van der Waals surface area contributed by atoms with Crippen molar-refractivity contribution in [3.05, 3.63) is 29.8 Å². The summed E-state index contributed by atoms with van der Waals surface area (Å²) in [6, 6.07) is 7.93. The number of carbonyl (C=O) groups is 1. The monoisotopic (exact) mass is 204 g/mol. The van der Waals surface area contributed by atoms with E-state index >= 15 is 0 Å². The number of rotatable bonds is 3. The van der Waals surface area contributed by atoms with Crippen molar-refractivity contribution < 1.29 is 4.79 Å². The molecule has 3 nitrogen and oxygen atoms in total. The van der Waals surface area contributed by atoms with Crippen LogP contribution in [-0.4, -0.2) is 24.9 Å². The van der Waals surface area contributed by atoms with Gasteiger partial charge in [-0.15, -0.1) is 0 Å². The maximum Gasteiger partial charge on any atom is 0.171 e. The van der Waals surface area contributed by atoms with Crippen LogP contribution in [0.5, 0.6) is 0 Å². The van der Waals surface area contributed by atoms with E-state index in [4.69, 9.17) is 0 Å². The Morgan fingerprint density at radius 1 is 1.53 bits per heavy atom. The van der Waals surface area contributed by atoms with Crippen LogP contribution >= 0.6 is 0 Å². The largest absolute Gasteiger partial charge is 0.375 e. The van der Waals surface area contributed by atoms with Crippen LogP contribution in [0.25, 0.3) is 0 Å². The number of nitrogens with one attached hydrogen (secondary N) is 2. The van der Waals surface area contributed by atoms with Gasteiger partial charge in [0.25, 0.3) is 0 Å². The Morgan fingerprint density at radius 2 is 2.27 bits per heavy atom. The van der Waals surface area contributed by atoms with Crippen molar-refractivity contribution in [1.82, 2.24) is 5.32 Å². The van der Waals surface area contributed by atoms with Gasteiger partial charge in [0.1, 0.15) is 0 Å². The number of para-hydroxylation sites is 1. The standard InChI is InChI=1S/C12H16N2O/c1-8(13-2)12(15)11-7-9-5-3-4-6-10(9)14-11/h3-6,8,11,13-14H,7H2,1-2H3. The number of anilines is 1. The summed E-state index contributed by atoms with van der Waals surface area (Å²) in [5.41, 5.74) is 2.33. The molecule has 0 saturated heterocycles. The second kappa shape index (κ2) is 4.03. The normalized spacial score (nSPS) is 20.5. The van der Waals surface area contributed by atoms with Crippen molar-refractivity contribution in [1.29, 1.82) is 0 Å². The molecule has 2 atom stereocenters. The second-order valence-corrected chi connectivity index (χ2v) is 3.97. The maximum absolute atomic E-state index is 11.9. The van der Waals surface area contributed by atoms with Crippen LogP contribution in [0.2, 0.25) is 0 Å². The highest BCUT2D eigenvalue weighted by molar-refractivity contribution is 5.93. The fourth-order valence-corrected chi connectivity index (χ4v) is 1.91. The Bertz CT molecular complexity index is 351. The molecule has 0 radical (unpaired) electrons. The second-order valence-electron chi connectivity index (χ2n) is 3.97. The fourth-order valence-electron chi connectivity index (χ4n) is 1.91. The van der Waals surface area contributed by atoms with Crippen molar-refractivity contribution in [2.75, 3.05) is 12.4 Å². The lowest BCUT2D eigenvalue weighted by atomic mass is 10.0. The lowest BCUT2D eigenvalue weighted by Crippen LogP contribution is -2.41. The lowest BCUT2D eigenvalue weighted by Gasteiger charge is -2.15. The predicted octanol–water partition coefficient (Wildman–Crippen LogP) is 1.20. The Hall–Kier alpha value is -1.35. The number of carbonyl (C=O) groups excluding carboxylic acids is 1. The maximum atomic E-state index is 11.9. The van der Waals surface area contributed by atoms with E-state index in [1.807, 2.05) is 32.2 Å². The quantitative estimate of drug-likeness (QED) is 0.777. The van der Waals surface area contributed by atoms with Gasteiger partial charge in [-0.2, -0.15) is 0 Å². The number of hydrogen-bond acceptors (Lipinski definition) is 3. The number of hydrogen-bond donors (Lipinski definition) is 2. The van der Waals surface area contributed by atoms with E-state index < -0.39 is 0 Å². The molecular formula is C12H16N2O. The topological polar surface area (TPSA) is 41.1 Å². The molecule has 0 aliphatic carbocycles. The summed E-state index contributed by atoms with van der Waals surface area (Å²) in [4.78, 5) is 11.9. The zero-order valence-corrected chi connectivity index (χ0v) is 9.08. The Labute approximate surface area is 89.9 Å². The van der Waals surface area contributed by atoms with Gasteiger partial charge in [0.15, 0.2) is 5.78 Å². The van der Waals surface area contributed by atoms with E-state index in [2.05, 4.69) is 16.7 Å². The van der Waals surface area contributed by atoms with E-state index in [0.29, 0.717) is 0 Å². The summed E-state index contributed by atoms with van der Waals surface area (Å²) in [5.74, 6) is 0.230. The molecule has 3 heteroatoms. The molecule has 2 unspecified atom stereocenters. The Balaban J connectivity index is 2.10. The molecule has 1 aliphatic rings. The molecular weight excluding hydrogens is 188 g/mol. The lowest BCUT2D eigenvalue weighted by molar-refractivity contribution is -0.121. The fraction of sp³-hybridized carbons (Fsp3) is 0.417. The molecule has 15 heavy (non-hydrogen) atoms.